The fourth-order valence-electron chi connectivity index (χ4n) is 4.64. The maximum Gasteiger partial charge on any atom is 0.341 e. The number of aryl methyl sites for hydroxylation is 2. The number of rotatable bonds is 5. The minimum absolute atomic E-state index is 0.271. The van der Waals surface area contributed by atoms with Crippen molar-refractivity contribution < 1.29 is 14.3 Å². The zero-order chi connectivity index (χ0) is 23.6. The Hall–Kier alpha value is -1.90. The molecule has 3 N–H and O–H groups in total. The Morgan fingerprint density at radius 2 is 1.82 bits per heavy atom. The highest BCUT2D eigenvalue weighted by Gasteiger charge is 2.29. The fourth-order valence-corrected chi connectivity index (χ4v) is 7.19. The van der Waals surface area contributed by atoms with Gasteiger partial charge in [-0.15, -0.1) is 22.7 Å². The molecule has 1 aliphatic carbocycles. The van der Waals surface area contributed by atoms with E-state index in [1.165, 1.54) is 43.5 Å². The van der Waals surface area contributed by atoms with Crippen molar-refractivity contribution in [3.05, 3.63) is 36.9 Å². The van der Waals surface area contributed by atoms with Crippen molar-refractivity contribution in [1.82, 2.24) is 10.6 Å². The molecule has 0 atom stereocenters. The Morgan fingerprint density at radius 3 is 2.58 bits per heavy atom. The van der Waals surface area contributed by atoms with Gasteiger partial charge in [0.05, 0.1) is 5.56 Å². The Balaban J connectivity index is 1.52. The van der Waals surface area contributed by atoms with E-state index >= 15 is 0 Å². The summed E-state index contributed by atoms with van der Waals surface area (Å²) in [5.74, 6) is -0.343. The number of thiophene rings is 2. The van der Waals surface area contributed by atoms with Crippen LogP contribution in [0.25, 0.3) is 0 Å². The molecule has 2 aliphatic rings. The predicted octanol–water partition coefficient (Wildman–Crippen LogP) is 5.56. The third-order valence-corrected chi connectivity index (χ3v) is 8.75. The summed E-state index contributed by atoms with van der Waals surface area (Å²) in [6.07, 6.45) is 7.13. The van der Waals surface area contributed by atoms with Crippen LogP contribution < -0.4 is 16.0 Å². The van der Waals surface area contributed by atoms with Crippen LogP contribution in [0.1, 0.15) is 88.6 Å². The maximum absolute atomic E-state index is 13.1. The Morgan fingerprint density at radius 1 is 1.03 bits per heavy atom. The molecule has 2 aromatic heterocycles. The number of esters is 1. The molecule has 8 heteroatoms. The van der Waals surface area contributed by atoms with Gasteiger partial charge in [0.15, 0.2) is 0 Å². The van der Waals surface area contributed by atoms with Crippen molar-refractivity contribution in [2.75, 3.05) is 11.9 Å². The Labute approximate surface area is 204 Å². The summed E-state index contributed by atoms with van der Waals surface area (Å²) in [5.41, 5.74) is 3.70. The predicted molar refractivity (Wildman–Crippen MR) is 136 cm³/mol. The number of hydrogen-bond donors (Lipinski definition) is 3. The minimum atomic E-state index is -0.584. The molecule has 0 radical (unpaired) electrons. The van der Waals surface area contributed by atoms with Crippen LogP contribution >= 0.6 is 22.7 Å². The number of nitrogens with one attached hydrogen (secondary N) is 3. The van der Waals surface area contributed by atoms with Crippen LogP contribution in [0.15, 0.2) is 0 Å². The molecule has 0 bridgehead atoms. The highest BCUT2D eigenvalue weighted by Crippen LogP contribution is 2.38. The second kappa shape index (κ2) is 10.2. The average Bonchev–Trinajstić information content (AvgIpc) is 3.19. The summed E-state index contributed by atoms with van der Waals surface area (Å²) in [6, 6.07) is -0.271. The monoisotopic (exact) mass is 489 g/mol. The van der Waals surface area contributed by atoms with E-state index in [2.05, 4.69) is 22.9 Å². The summed E-state index contributed by atoms with van der Waals surface area (Å²) in [5, 5.41) is 10.1. The van der Waals surface area contributed by atoms with E-state index in [-0.39, 0.29) is 12.0 Å². The molecule has 1 aliphatic heterocycles. The summed E-state index contributed by atoms with van der Waals surface area (Å²) >= 11 is 3.39. The van der Waals surface area contributed by atoms with Crippen LogP contribution in [-0.4, -0.2) is 24.1 Å². The first kappa shape index (κ1) is 24.2. The fraction of sp³-hybridized carbons (Fsp3) is 0.600. The van der Waals surface area contributed by atoms with Crippen LogP contribution in [0.2, 0.25) is 0 Å². The van der Waals surface area contributed by atoms with E-state index in [4.69, 9.17) is 4.74 Å². The molecule has 180 valence electrons. The molecule has 3 heterocycles. The Kier molecular flexibility index (Phi) is 7.46. The topological polar surface area (TPSA) is 79.5 Å². The third-order valence-electron chi connectivity index (χ3n) is 6.12. The molecular formula is C25H35N3O3S2. The zero-order valence-electron chi connectivity index (χ0n) is 20.1. The molecule has 0 saturated carbocycles. The van der Waals surface area contributed by atoms with E-state index in [9.17, 15) is 9.59 Å². The van der Waals surface area contributed by atoms with Crippen LogP contribution in [0.5, 0.6) is 0 Å². The molecule has 0 fully saturated rings. The Bertz CT molecular complexity index is 1030. The van der Waals surface area contributed by atoms with Crippen LogP contribution in [-0.2, 0) is 43.5 Å². The van der Waals surface area contributed by atoms with E-state index in [1.54, 1.807) is 0 Å². The van der Waals surface area contributed by atoms with Gasteiger partial charge < -0.3 is 15.4 Å². The second-order valence-corrected chi connectivity index (χ2v) is 12.1. The molecule has 2 amide bonds. The largest absolute Gasteiger partial charge is 0.456 e. The van der Waals surface area contributed by atoms with Crippen molar-refractivity contribution in [2.45, 2.75) is 91.3 Å². The molecule has 33 heavy (non-hydrogen) atoms. The summed E-state index contributed by atoms with van der Waals surface area (Å²) in [4.78, 5) is 30.0. The molecule has 0 spiro atoms. The highest BCUT2D eigenvalue weighted by molar-refractivity contribution is 7.17. The van der Waals surface area contributed by atoms with Crippen LogP contribution in [0.4, 0.5) is 9.80 Å². The summed E-state index contributed by atoms with van der Waals surface area (Å²) < 4.78 is 5.71. The first-order chi connectivity index (χ1) is 15.8. The second-order valence-electron chi connectivity index (χ2n) is 9.76. The highest BCUT2D eigenvalue weighted by atomic mass is 32.1. The van der Waals surface area contributed by atoms with Gasteiger partial charge in [-0.1, -0.05) is 13.3 Å². The first-order valence-corrected chi connectivity index (χ1v) is 13.7. The number of hydrogen-bond acceptors (Lipinski definition) is 6. The quantitative estimate of drug-likeness (QED) is 0.379. The number of anilines is 1. The van der Waals surface area contributed by atoms with Gasteiger partial charge in [-0.25, -0.2) is 9.59 Å². The molecular weight excluding hydrogens is 454 g/mol. The van der Waals surface area contributed by atoms with Crippen molar-refractivity contribution in [2.24, 2.45) is 0 Å². The molecule has 6 nitrogen and oxygen atoms in total. The van der Waals surface area contributed by atoms with Gasteiger partial charge in [0.1, 0.15) is 10.6 Å². The number of urea groups is 1. The van der Waals surface area contributed by atoms with Gasteiger partial charge >= 0.3 is 12.0 Å². The van der Waals surface area contributed by atoms with Crippen LogP contribution in [0, 0.1) is 0 Å². The standard InChI is InChI=1S/C25H35N3O3S2/c1-5-18-17(15-11-12-26-14-20(15)32-18)13-27-24(30)28-22-21(23(29)31-25(2,3)4)16-9-7-6-8-10-19(16)33-22/h26H,5-14H2,1-4H3,(H2,27,28,30). The zero-order valence-corrected chi connectivity index (χ0v) is 21.7. The number of amides is 2. The lowest BCUT2D eigenvalue weighted by Gasteiger charge is -2.20. The normalized spacial score (nSPS) is 15.9. The third kappa shape index (κ3) is 5.61. The lowest BCUT2D eigenvalue weighted by atomic mass is 10.0. The van der Waals surface area contributed by atoms with Gasteiger partial charge in [-0.3, -0.25) is 5.32 Å². The number of carbonyl (C=O) groups is 2. The lowest BCUT2D eigenvalue weighted by Crippen LogP contribution is -2.30. The van der Waals surface area contributed by atoms with Gasteiger partial charge in [-0.05, 0) is 82.5 Å². The first-order valence-electron chi connectivity index (χ1n) is 12.0. The molecule has 0 unspecified atom stereocenters. The van der Waals surface area contributed by atoms with E-state index in [0.29, 0.717) is 17.1 Å². The molecule has 0 saturated heterocycles. The molecule has 4 rings (SSSR count). The average molecular weight is 490 g/mol. The number of ether oxygens (including phenoxy) is 1. The van der Waals surface area contributed by atoms with Crippen molar-refractivity contribution >= 4 is 39.7 Å². The number of carbonyl (C=O) groups excluding carboxylic acids is 2. The van der Waals surface area contributed by atoms with Crippen molar-refractivity contribution in [3.63, 3.8) is 0 Å². The molecule has 2 aromatic rings. The SMILES string of the molecule is CCc1sc2c(c1CNC(=O)Nc1sc3c(c1C(=O)OC(C)(C)C)CCCCC3)CCNC2. The van der Waals surface area contributed by atoms with E-state index in [1.807, 2.05) is 32.1 Å². The van der Waals surface area contributed by atoms with E-state index < -0.39 is 5.60 Å². The summed E-state index contributed by atoms with van der Waals surface area (Å²) in [7, 11) is 0. The maximum atomic E-state index is 13.1. The minimum Gasteiger partial charge on any atom is -0.456 e. The van der Waals surface area contributed by atoms with Gasteiger partial charge in [0, 0.05) is 27.7 Å². The smallest absolute Gasteiger partial charge is 0.341 e. The lowest BCUT2D eigenvalue weighted by molar-refractivity contribution is 0.00700. The van der Waals surface area contributed by atoms with Crippen LogP contribution in [0.3, 0.4) is 0 Å². The van der Waals surface area contributed by atoms with Gasteiger partial charge in [-0.2, -0.15) is 0 Å². The summed E-state index contributed by atoms with van der Waals surface area (Å²) in [6.45, 7) is 10.2. The number of fused-ring (bicyclic) bond motifs is 2. The van der Waals surface area contributed by atoms with Gasteiger partial charge in [0.25, 0.3) is 0 Å². The van der Waals surface area contributed by atoms with Gasteiger partial charge in [0.2, 0.25) is 0 Å². The molecule has 0 aromatic carbocycles. The van der Waals surface area contributed by atoms with E-state index in [0.717, 1.165) is 57.2 Å². The van der Waals surface area contributed by atoms with Crippen molar-refractivity contribution in [1.29, 1.82) is 0 Å². The van der Waals surface area contributed by atoms with Crippen molar-refractivity contribution in [3.8, 4) is 0 Å².